The molecule has 184 valence electrons. The zero-order chi connectivity index (χ0) is 24.2. The van der Waals surface area contributed by atoms with E-state index in [9.17, 15) is 13.2 Å². The Hall–Kier alpha value is -2.46. The van der Waals surface area contributed by atoms with Crippen molar-refractivity contribution in [2.24, 2.45) is 5.73 Å². The molecule has 2 aliphatic rings. The van der Waals surface area contributed by atoms with Crippen LogP contribution in [0.4, 0.5) is 0 Å². The average Bonchev–Trinajstić information content (AvgIpc) is 3.37. The number of benzene rings is 2. The van der Waals surface area contributed by atoms with Gasteiger partial charge >= 0.3 is 0 Å². The summed E-state index contributed by atoms with van der Waals surface area (Å²) in [7, 11) is -2.05. The van der Waals surface area contributed by atoms with Crippen molar-refractivity contribution in [1.29, 1.82) is 0 Å². The molecule has 2 aromatic carbocycles. The number of hydrogen-bond acceptors (Lipinski definition) is 5. The van der Waals surface area contributed by atoms with Crippen molar-refractivity contribution in [3.05, 3.63) is 65.2 Å². The molecule has 8 nitrogen and oxygen atoms in total. The molecule has 3 N–H and O–H groups in total. The van der Waals surface area contributed by atoms with E-state index in [1.165, 1.54) is 11.4 Å². The standard InChI is InChI=1S/C25H33N3O5S/c1-32-23-19(7-5-11-22(23)24(26)29)17-25(20-8-3-2-4-9-20)12-14-28(15-13-25)34(30,31)27-18-21-10-6-16-33-21/h2-5,7-9,11,21,27H,6,10,12-18H2,1H3,(H2,26,29). The molecule has 2 aromatic rings. The monoisotopic (exact) mass is 487 g/mol. The average molecular weight is 488 g/mol. The van der Waals surface area contributed by atoms with Crippen LogP contribution in [0.2, 0.25) is 0 Å². The fraction of sp³-hybridized carbons (Fsp3) is 0.480. The first-order valence-corrected chi connectivity index (χ1v) is 13.2. The van der Waals surface area contributed by atoms with Crippen LogP contribution >= 0.6 is 0 Å². The molecular formula is C25H33N3O5S. The first kappa shape index (κ1) is 24.7. The Balaban J connectivity index is 1.56. The molecule has 2 aliphatic heterocycles. The molecule has 34 heavy (non-hydrogen) atoms. The predicted molar refractivity (Wildman–Crippen MR) is 130 cm³/mol. The third-order valence-electron chi connectivity index (χ3n) is 7.02. The molecule has 0 radical (unpaired) electrons. The van der Waals surface area contributed by atoms with E-state index in [4.69, 9.17) is 15.2 Å². The Labute approximate surface area is 201 Å². The van der Waals surface area contributed by atoms with Gasteiger partial charge in [-0.15, -0.1) is 0 Å². The molecule has 1 atom stereocenters. The van der Waals surface area contributed by atoms with Crippen molar-refractivity contribution in [2.45, 2.75) is 43.6 Å². The predicted octanol–water partition coefficient (Wildman–Crippen LogP) is 2.38. The molecule has 0 aromatic heterocycles. The fourth-order valence-corrected chi connectivity index (χ4v) is 6.37. The minimum Gasteiger partial charge on any atom is -0.496 e. The van der Waals surface area contributed by atoms with E-state index in [0.717, 1.165) is 24.0 Å². The highest BCUT2D eigenvalue weighted by Gasteiger charge is 2.40. The van der Waals surface area contributed by atoms with Gasteiger partial charge in [0.15, 0.2) is 0 Å². The van der Waals surface area contributed by atoms with Gasteiger partial charge in [-0.05, 0) is 49.3 Å². The van der Waals surface area contributed by atoms with E-state index in [1.54, 1.807) is 6.07 Å². The summed E-state index contributed by atoms with van der Waals surface area (Å²) in [5, 5.41) is 0. The summed E-state index contributed by atoms with van der Waals surface area (Å²) >= 11 is 0. The summed E-state index contributed by atoms with van der Waals surface area (Å²) in [5.74, 6) is -0.0516. The molecular weight excluding hydrogens is 454 g/mol. The van der Waals surface area contributed by atoms with Crippen LogP contribution in [0.5, 0.6) is 5.75 Å². The lowest BCUT2D eigenvalue weighted by atomic mass is 9.69. The molecule has 9 heteroatoms. The number of nitrogens with two attached hydrogens (primary N) is 1. The summed E-state index contributed by atoms with van der Waals surface area (Å²) < 4.78 is 41.3. The summed E-state index contributed by atoms with van der Waals surface area (Å²) in [5.41, 5.74) is 7.65. The van der Waals surface area contributed by atoms with Crippen LogP contribution in [-0.4, -0.2) is 58.1 Å². The second-order valence-corrected chi connectivity index (χ2v) is 10.8. The normalized spacial score (nSPS) is 20.8. The van der Waals surface area contributed by atoms with Crippen LogP contribution < -0.4 is 15.2 Å². The number of carbonyl (C=O) groups excluding carboxylic acids is 1. The van der Waals surface area contributed by atoms with Crippen molar-refractivity contribution in [3.63, 3.8) is 0 Å². The van der Waals surface area contributed by atoms with E-state index in [0.29, 0.717) is 56.8 Å². The lowest BCUT2D eigenvalue weighted by Crippen LogP contribution is -2.50. The Bertz CT molecular complexity index is 1090. The number of nitrogens with zero attached hydrogens (tertiary/aromatic N) is 1. The van der Waals surface area contributed by atoms with E-state index < -0.39 is 16.1 Å². The highest BCUT2D eigenvalue weighted by atomic mass is 32.2. The third-order valence-corrected chi connectivity index (χ3v) is 8.59. The van der Waals surface area contributed by atoms with E-state index in [1.807, 2.05) is 30.3 Å². The van der Waals surface area contributed by atoms with Crippen LogP contribution in [0.1, 0.15) is 47.2 Å². The third kappa shape index (κ3) is 5.27. The van der Waals surface area contributed by atoms with Gasteiger partial charge in [0.1, 0.15) is 5.75 Å². The van der Waals surface area contributed by atoms with Gasteiger partial charge in [-0.2, -0.15) is 17.4 Å². The molecule has 0 bridgehead atoms. The molecule has 0 spiro atoms. The molecule has 1 amide bonds. The SMILES string of the molecule is COc1c(CC2(c3ccccc3)CCN(S(=O)(=O)NCC3CCCO3)CC2)cccc1C(N)=O. The maximum absolute atomic E-state index is 13.0. The number of amides is 1. The number of nitrogens with one attached hydrogen (secondary N) is 1. The first-order valence-electron chi connectivity index (χ1n) is 11.7. The molecule has 0 saturated carbocycles. The smallest absolute Gasteiger partial charge is 0.279 e. The number of methoxy groups -OCH3 is 1. The second kappa shape index (κ2) is 10.4. The summed E-state index contributed by atoms with van der Waals surface area (Å²) in [4.78, 5) is 11.9. The van der Waals surface area contributed by atoms with Crippen LogP contribution in [0.15, 0.2) is 48.5 Å². The van der Waals surface area contributed by atoms with Gasteiger partial charge in [0.2, 0.25) is 0 Å². The maximum Gasteiger partial charge on any atom is 0.279 e. The van der Waals surface area contributed by atoms with Crippen molar-refractivity contribution >= 4 is 16.1 Å². The van der Waals surface area contributed by atoms with E-state index in [2.05, 4.69) is 16.9 Å². The van der Waals surface area contributed by atoms with Crippen LogP contribution in [0.25, 0.3) is 0 Å². The Morgan fingerprint density at radius 1 is 1.18 bits per heavy atom. The zero-order valence-corrected chi connectivity index (χ0v) is 20.4. The van der Waals surface area contributed by atoms with Crippen molar-refractivity contribution < 1.29 is 22.7 Å². The number of hydrogen-bond donors (Lipinski definition) is 2. The topological polar surface area (TPSA) is 111 Å². The number of ether oxygens (including phenoxy) is 2. The van der Waals surface area contributed by atoms with Gasteiger partial charge in [-0.3, -0.25) is 4.79 Å². The highest BCUT2D eigenvalue weighted by Crippen LogP contribution is 2.41. The van der Waals surface area contributed by atoms with Crippen molar-refractivity contribution in [1.82, 2.24) is 9.03 Å². The number of piperidine rings is 1. The molecule has 4 rings (SSSR count). The lowest BCUT2D eigenvalue weighted by molar-refractivity contribution is 0.0997. The van der Waals surface area contributed by atoms with Gasteiger partial charge in [-0.1, -0.05) is 42.5 Å². The molecule has 0 aliphatic carbocycles. The Kier molecular flexibility index (Phi) is 7.57. The summed E-state index contributed by atoms with van der Waals surface area (Å²) in [6.07, 6.45) is 3.69. The summed E-state index contributed by atoms with van der Waals surface area (Å²) in [6.45, 7) is 1.79. The first-order chi connectivity index (χ1) is 16.3. The van der Waals surface area contributed by atoms with Crippen LogP contribution in [0.3, 0.4) is 0 Å². The van der Waals surface area contributed by atoms with Gasteiger partial charge in [0.05, 0.1) is 18.8 Å². The quantitative estimate of drug-likeness (QED) is 0.564. The Morgan fingerprint density at radius 2 is 1.91 bits per heavy atom. The minimum absolute atomic E-state index is 0.0482. The highest BCUT2D eigenvalue weighted by molar-refractivity contribution is 7.87. The van der Waals surface area contributed by atoms with E-state index in [-0.39, 0.29) is 11.5 Å². The van der Waals surface area contributed by atoms with E-state index >= 15 is 0 Å². The minimum atomic E-state index is -3.59. The molecule has 2 saturated heterocycles. The van der Waals surface area contributed by atoms with Crippen LogP contribution in [0, 0.1) is 0 Å². The van der Waals surface area contributed by atoms with Gasteiger partial charge in [-0.25, -0.2) is 0 Å². The lowest BCUT2D eigenvalue weighted by Gasteiger charge is -2.42. The van der Waals surface area contributed by atoms with Crippen molar-refractivity contribution in [2.75, 3.05) is 33.4 Å². The van der Waals surface area contributed by atoms with Gasteiger partial charge < -0.3 is 15.2 Å². The largest absolute Gasteiger partial charge is 0.496 e. The Morgan fingerprint density at radius 3 is 2.53 bits per heavy atom. The van der Waals surface area contributed by atoms with Crippen LogP contribution in [-0.2, 0) is 26.8 Å². The molecule has 2 fully saturated rings. The zero-order valence-electron chi connectivity index (χ0n) is 19.5. The summed E-state index contributed by atoms with van der Waals surface area (Å²) in [6, 6.07) is 15.6. The molecule has 1 unspecified atom stereocenters. The van der Waals surface area contributed by atoms with Gasteiger partial charge in [0, 0.05) is 31.7 Å². The number of primary amides is 1. The maximum atomic E-state index is 13.0. The molecule has 2 heterocycles. The number of para-hydroxylation sites is 1. The second-order valence-electron chi connectivity index (χ2n) is 9.07. The number of carbonyl (C=O) groups is 1. The van der Waals surface area contributed by atoms with Gasteiger partial charge in [0.25, 0.3) is 16.1 Å². The van der Waals surface area contributed by atoms with Crippen molar-refractivity contribution in [3.8, 4) is 5.75 Å². The number of rotatable bonds is 9. The fourth-order valence-electron chi connectivity index (χ4n) is 5.13.